The summed E-state index contributed by atoms with van der Waals surface area (Å²) in [5.74, 6) is 4.27. The first-order valence-electron chi connectivity index (χ1n) is 3.00. The molecule has 1 rings (SSSR count). The molecule has 0 aliphatic rings. The summed E-state index contributed by atoms with van der Waals surface area (Å²) in [7, 11) is 0. The maximum Gasteiger partial charge on any atom is 0.176 e. The minimum absolute atomic E-state index is 0.0587. The van der Waals surface area contributed by atoms with Crippen molar-refractivity contribution in [2.24, 2.45) is 5.84 Å². The van der Waals surface area contributed by atoms with Gasteiger partial charge in [0.1, 0.15) is 0 Å². The Balaban J connectivity index is 3.10. The third-order valence-corrected chi connectivity index (χ3v) is 1.28. The van der Waals surface area contributed by atoms with E-state index in [-0.39, 0.29) is 18.0 Å². The van der Waals surface area contributed by atoms with Crippen molar-refractivity contribution in [3.8, 4) is 0 Å². The monoisotopic (exact) mass is 157 g/mol. The maximum absolute atomic E-state index is 12.9. The summed E-state index contributed by atoms with van der Waals surface area (Å²) in [6.45, 7) is -0.358. The third-order valence-electron chi connectivity index (χ3n) is 1.28. The molecule has 0 saturated heterocycles. The van der Waals surface area contributed by atoms with Crippen molar-refractivity contribution >= 4 is 5.82 Å². The van der Waals surface area contributed by atoms with Crippen molar-refractivity contribution < 1.29 is 9.50 Å². The predicted molar refractivity (Wildman–Crippen MR) is 37.9 cm³/mol. The number of nitrogens with two attached hydrogens (primary N) is 1. The summed E-state index contributed by atoms with van der Waals surface area (Å²) in [4.78, 5) is 3.58. The van der Waals surface area contributed by atoms with Crippen molar-refractivity contribution in [1.29, 1.82) is 0 Å². The molecule has 0 atom stereocenters. The van der Waals surface area contributed by atoms with Gasteiger partial charge in [0.2, 0.25) is 0 Å². The van der Waals surface area contributed by atoms with E-state index in [0.717, 1.165) is 0 Å². The van der Waals surface area contributed by atoms with E-state index in [1.54, 1.807) is 0 Å². The molecular formula is C6H8FN3O. The molecule has 0 saturated carbocycles. The molecule has 4 N–H and O–H groups in total. The zero-order chi connectivity index (χ0) is 8.27. The fraction of sp³-hybridized carbons (Fsp3) is 0.167. The number of anilines is 1. The number of hydrogen-bond acceptors (Lipinski definition) is 4. The lowest BCUT2D eigenvalue weighted by atomic mass is 10.2. The fourth-order valence-corrected chi connectivity index (χ4v) is 0.706. The number of nitrogens with zero attached hydrogens (tertiary/aromatic N) is 1. The molecule has 0 unspecified atom stereocenters. The van der Waals surface area contributed by atoms with Gasteiger partial charge in [-0.1, -0.05) is 0 Å². The van der Waals surface area contributed by atoms with Gasteiger partial charge >= 0.3 is 0 Å². The Morgan fingerprint density at radius 2 is 2.45 bits per heavy atom. The van der Waals surface area contributed by atoms with Gasteiger partial charge in [-0.3, -0.25) is 0 Å². The Labute approximate surface area is 62.8 Å². The summed E-state index contributed by atoms with van der Waals surface area (Å²) in [5.41, 5.74) is 2.25. The van der Waals surface area contributed by atoms with Crippen LogP contribution in [-0.2, 0) is 6.61 Å². The smallest absolute Gasteiger partial charge is 0.176 e. The molecule has 0 bridgehead atoms. The number of hydrogen-bond donors (Lipinski definition) is 3. The Kier molecular flexibility index (Phi) is 2.35. The van der Waals surface area contributed by atoms with E-state index in [2.05, 4.69) is 10.4 Å². The standard InChI is InChI=1S/C6H8FN3O/c7-5-4(3-11)1-2-9-6(5)10-8/h1-2,11H,3,8H2,(H,9,10). The molecule has 1 heterocycles. The number of aliphatic hydroxyl groups excluding tert-OH is 1. The molecule has 60 valence electrons. The average Bonchev–Trinajstić information content (AvgIpc) is 2.05. The highest BCUT2D eigenvalue weighted by molar-refractivity contribution is 5.38. The first-order valence-corrected chi connectivity index (χ1v) is 3.00. The zero-order valence-corrected chi connectivity index (χ0v) is 5.71. The van der Waals surface area contributed by atoms with E-state index >= 15 is 0 Å². The van der Waals surface area contributed by atoms with Crippen LogP contribution in [0.25, 0.3) is 0 Å². The van der Waals surface area contributed by atoms with Crippen LogP contribution in [0.3, 0.4) is 0 Å². The summed E-state index contributed by atoms with van der Waals surface area (Å²) in [5, 5.41) is 8.60. The van der Waals surface area contributed by atoms with Crippen LogP contribution >= 0.6 is 0 Å². The molecule has 0 aliphatic carbocycles. The van der Waals surface area contributed by atoms with Crippen molar-refractivity contribution in [2.75, 3.05) is 5.43 Å². The lowest BCUT2D eigenvalue weighted by Gasteiger charge is -2.02. The number of aromatic nitrogens is 1. The second-order valence-electron chi connectivity index (χ2n) is 1.94. The lowest BCUT2D eigenvalue weighted by Crippen LogP contribution is -2.11. The van der Waals surface area contributed by atoms with Crippen molar-refractivity contribution in [3.63, 3.8) is 0 Å². The summed E-state index contributed by atoms with van der Waals surface area (Å²) < 4.78 is 12.9. The summed E-state index contributed by atoms with van der Waals surface area (Å²) in [6.07, 6.45) is 1.36. The van der Waals surface area contributed by atoms with Crippen LogP contribution in [0.2, 0.25) is 0 Å². The SMILES string of the molecule is NNc1nccc(CO)c1F. The number of halogens is 1. The van der Waals surface area contributed by atoms with E-state index in [1.165, 1.54) is 12.3 Å². The molecule has 0 aromatic carbocycles. The van der Waals surface area contributed by atoms with E-state index in [9.17, 15) is 4.39 Å². The minimum atomic E-state index is -0.613. The Bertz CT molecular complexity index is 231. The van der Waals surface area contributed by atoms with Gasteiger partial charge in [-0.2, -0.15) is 0 Å². The van der Waals surface area contributed by atoms with Gasteiger partial charge in [0.05, 0.1) is 6.61 Å². The highest BCUT2D eigenvalue weighted by Crippen LogP contribution is 2.12. The zero-order valence-electron chi connectivity index (χ0n) is 5.71. The summed E-state index contributed by atoms with van der Waals surface area (Å²) in [6, 6.07) is 1.39. The molecular weight excluding hydrogens is 149 g/mol. The third kappa shape index (κ3) is 1.44. The van der Waals surface area contributed by atoms with E-state index in [0.29, 0.717) is 0 Å². The molecule has 1 aromatic rings. The Morgan fingerprint density at radius 3 is 3.00 bits per heavy atom. The Morgan fingerprint density at radius 1 is 1.73 bits per heavy atom. The molecule has 0 amide bonds. The number of pyridine rings is 1. The lowest BCUT2D eigenvalue weighted by molar-refractivity contribution is 0.275. The van der Waals surface area contributed by atoms with Crippen LogP contribution in [-0.4, -0.2) is 10.1 Å². The van der Waals surface area contributed by atoms with Crippen molar-refractivity contribution in [1.82, 2.24) is 4.98 Å². The second-order valence-corrected chi connectivity index (χ2v) is 1.94. The van der Waals surface area contributed by atoms with Crippen molar-refractivity contribution in [3.05, 3.63) is 23.6 Å². The van der Waals surface area contributed by atoms with Gasteiger partial charge in [0, 0.05) is 11.8 Å². The number of nitrogens with one attached hydrogen (secondary N) is 1. The normalized spacial score (nSPS) is 9.73. The molecule has 0 aliphatic heterocycles. The first-order chi connectivity index (χ1) is 5.29. The van der Waals surface area contributed by atoms with Crippen LogP contribution in [0.1, 0.15) is 5.56 Å². The van der Waals surface area contributed by atoms with Crippen LogP contribution in [0, 0.1) is 5.82 Å². The van der Waals surface area contributed by atoms with Crippen LogP contribution in [0.4, 0.5) is 10.2 Å². The van der Waals surface area contributed by atoms with E-state index in [1.807, 2.05) is 0 Å². The van der Waals surface area contributed by atoms with Gasteiger partial charge in [-0.25, -0.2) is 15.2 Å². The van der Waals surface area contributed by atoms with Crippen LogP contribution in [0.5, 0.6) is 0 Å². The molecule has 1 aromatic heterocycles. The highest BCUT2D eigenvalue weighted by Gasteiger charge is 2.05. The predicted octanol–water partition coefficient (Wildman–Crippen LogP) is -0.00140. The average molecular weight is 157 g/mol. The fourth-order valence-electron chi connectivity index (χ4n) is 0.706. The van der Waals surface area contributed by atoms with Crippen LogP contribution < -0.4 is 11.3 Å². The number of aliphatic hydroxyl groups is 1. The van der Waals surface area contributed by atoms with E-state index < -0.39 is 5.82 Å². The van der Waals surface area contributed by atoms with E-state index in [4.69, 9.17) is 10.9 Å². The number of nitrogen functional groups attached to an aromatic ring is 1. The minimum Gasteiger partial charge on any atom is -0.392 e. The molecule has 0 spiro atoms. The first kappa shape index (κ1) is 7.90. The van der Waals surface area contributed by atoms with Gasteiger partial charge < -0.3 is 10.5 Å². The number of rotatable bonds is 2. The van der Waals surface area contributed by atoms with Gasteiger partial charge in [-0.05, 0) is 6.07 Å². The van der Waals surface area contributed by atoms with Crippen molar-refractivity contribution in [2.45, 2.75) is 6.61 Å². The summed E-state index contributed by atoms with van der Waals surface area (Å²) >= 11 is 0. The molecule has 4 nitrogen and oxygen atoms in total. The Hall–Kier alpha value is -1.20. The quantitative estimate of drug-likeness (QED) is 0.417. The largest absolute Gasteiger partial charge is 0.392 e. The second kappa shape index (κ2) is 3.27. The molecule has 5 heteroatoms. The highest BCUT2D eigenvalue weighted by atomic mass is 19.1. The number of hydrazine groups is 1. The molecule has 0 fully saturated rings. The molecule has 11 heavy (non-hydrogen) atoms. The van der Waals surface area contributed by atoms with Gasteiger partial charge in [0.25, 0.3) is 0 Å². The van der Waals surface area contributed by atoms with Gasteiger partial charge in [0.15, 0.2) is 11.6 Å². The van der Waals surface area contributed by atoms with Gasteiger partial charge in [-0.15, -0.1) is 0 Å². The van der Waals surface area contributed by atoms with Crippen LogP contribution in [0.15, 0.2) is 12.3 Å². The topological polar surface area (TPSA) is 71.2 Å². The molecule has 0 radical (unpaired) electrons. The maximum atomic E-state index is 12.9.